The second-order valence-electron chi connectivity index (χ2n) is 12.8. The van der Waals surface area contributed by atoms with Crippen molar-refractivity contribution in [3.8, 4) is 34.7 Å². The summed E-state index contributed by atoms with van der Waals surface area (Å²) in [5.74, 6) is -1.26. The zero-order valence-corrected chi connectivity index (χ0v) is 27.1. The summed E-state index contributed by atoms with van der Waals surface area (Å²) in [7, 11) is 1.38. The standard InChI is InChI=1S/C18H20N4O2.C17H18N4O2/c1-11(17(23)24-3)12-4-6-13(7-5-12)15-14(10-19)16(20)22(21-15)18(2)8-9-18;1-10(16(22)23)11-3-5-12(6-4-11)14-13(9-18)15(19)21(20-14)17(2)7-8-17/h4-7,11H,8-9,20H2,1-3H3;3-6,10H,7-8,19H2,1-2H3,(H,22,23). The number of carboxylic acid groups (broad SMARTS) is 1. The lowest BCUT2D eigenvalue weighted by atomic mass is 9.98. The minimum atomic E-state index is -0.870. The van der Waals surface area contributed by atoms with Crippen LogP contribution in [0.1, 0.15) is 87.5 Å². The highest BCUT2D eigenvalue weighted by atomic mass is 16.5. The molecule has 4 aromatic rings. The summed E-state index contributed by atoms with van der Waals surface area (Å²) in [6, 6.07) is 18.8. The highest BCUT2D eigenvalue weighted by Crippen LogP contribution is 2.46. The molecule has 6 rings (SSSR count). The topological polar surface area (TPSA) is 199 Å². The van der Waals surface area contributed by atoms with E-state index in [1.807, 2.05) is 24.3 Å². The van der Waals surface area contributed by atoms with E-state index in [4.69, 9.17) is 21.3 Å². The first-order chi connectivity index (χ1) is 22.3. The molecule has 0 aliphatic heterocycles. The number of nitrogens with zero attached hydrogens (tertiary/aromatic N) is 6. The van der Waals surface area contributed by atoms with Gasteiger partial charge in [0.05, 0.1) is 30.0 Å². The number of anilines is 2. The van der Waals surface area contributed by atoms with E-state index in [1.165, 1.54) is 7.11 Å². The number of carbonyl (C=O) groups is 2. The van der Waals surface area contributed by atoms with Gasteiger partial charge in [-0.25, -0.2) is 9.36 Å². The van der Waals surface area contributed by atoms with Gasteiger partial charge < -0.3 is 21.3 Å². The molecular weight excluding hydrogens is 596 g/mol. The quantitative estimate of drug-likeness (QED) is 0.208. The summed E-state index contributed by atoms with van der Waals surface area (Å²) in [5, 5.41) is 37.1. The molecule has 2 saturated carbocycles. The molecule has 12 nitrogen and oxygen atoms in total. The number of hydrogen-bond donors (Lipinski definition) is 3. The van der Waals surface area contributed by atoms with Crippen molar-refractivity contribution in [2.75, 3.05) is 18.6 Å². The van der Waals surface area contributed by atoms with Crippen molar-refractivity contribution in [2.45, 2.75) is 76.3 Å². The fourth-order valence-electron chi connectivity index (χ4n) is 5.41. The molecule has 0 radical (unpaired) electrons. The number of methoxy groups -OCH3 is 1. The van der Waals surface area contributed by atoms with Gasteiger partial charge in [-0.3, -0.25) is 9.59 Å². The van der Waals surface area contributed by atoms with E-state index in [-0.39, 0.29) is 23.0 Å². The first-order valence-electron chi connectivity index (χ1n) is 15.4. The zero-order valence-electron chi connectivity index (χ0n) is 27.1. The Morgan fingerprint density at radius 1 is 0.787 bits per heavy atom. The van der Waals surface area contributed by atoms with Gasteiger partial charge in [0.1, 0.15) is 46.3 Å². The van der Waals surface area contributed by atoms with Gasteiger partial charge in [-0.2, -0.15) is 20.7 Å². The Bertz CT molecular complexity index is 1920. The number of aromatic nitrogens is 4. The largest absolute Gasteiger partial charge is 0.481 e. The third-order valence-electron chi connectivity index (χ3n) is 9.33. The summed E-state index contributed by atoms with van der Waals surface area (Å²) in [4.78, 5) is 22.7. The van der Waals surface area contributed by atoms with Gasteiger partial charge in [-0.15, -0.1) is 0 Å². The Kier molecular flexibility index (Phi) is 8.57. The number of nitrogens with two attached hydrogens (primary N) is 2. The maximum atomic E-state index is 11.6. The molecule has 12 heteroatoms. The van der Waals surface area contributed by atoms with Crippen LogP contribution in [0.3, 0.4) is 0 Å². The van der Waals surface area contributed by atoms with Crippen LogP contribution < -0.4 is 11.5 Å². The Hall–Kier alpha value is -5.62. The molecule has 2 aromatic carbocycles. The molecular formula is C35H38N8O4. The first-order valence-corrected chi connectivity index (χ1v) is 15.4. The molecule has 0 spiro atoms. The van der Waals surface area contributed by atoms with Gasteiger partial charge in [0.15, 0.2) is 0 Å². The average Bonchev–Trinajstić information content (AvgIpc) is 3.95. The normalized spacial score (nSPS) is 16.4. The maximum absolute atomic E-state index is 11.6. The Labute approximate surface area is 273 Å². The Morgan fingerprint density at radius 2 is 1.15 bits per heavy atom. The van der Waals surface area contributed by atoms with E-state index in [9.17, 15) is 20.1 Å². The number of esters is 1. The van der Waals surface area contributed by atoms with Crippen LogP contribution >= 0.6 is 0 Å². The van der Waals surface area contributed by atoms with E-state index < -0.39 is 11.9 Å². The molecule has 242 valence electrons. The molecule has 2 fully saturated rings. The SMILES string of the molecule is CC(C(=O)O)c1ccc(-c2nn(C3(C)CC3)c(N)c2C#N)cc1.COC(=O)C(C)c1ccc(-c2nn(C3(C)CC3)c(N)c2C#N)cc1. The van der Waals surface area contributed by atoms with Crippen molar-refractivity contribution in [3.05, 3.63) is 70.8 Å². The monoisotopic (exact) mass is 634 g/mol. The summed E-state index contributed by atoms with van der Waals surface area (Å²) in [6.45, 7) is 7.59. The second-order valence-corrected chi connectivity index (χ2v) is 12.8. The fraction of sp³-hybridized carbons (Fsp3) is 0.371. The lowest BCUT2D eigenvalue weighted by Crippen LogP contribution is -2.16. The average molecular weight is 635 g/mol. The van der Waals surface area contributed by atoms with Gasteiger partial charge >= 0.3 is 11.9 Å². The van der Waals surface area contributed by atoms with Crippen LogP contribution in [0.25, 0.3) is 22.5 Å². The van der Waals surface area contributed by atoms with Crippen LogP contribution in [-0.4, -0.2) is 43.7 Å². The molecule has 2 atom stereocenters. The third kappa shape index (κ3) is 6.15. The van der Waals surface area contributed by atoms with Crippen molar-refractivity contribution in [1.82, 2.24) is 19.6 Å². The predicted molar refractivity (Wildman–Crippen MR) is 176 cm³/mol. The Morgan fingerprint density at radius 3 is 1.45 bits per heavy atom. The van der Waals surface area contributed by atoms with Crippen molar-refractivity contribution in [3.63, 3.8) is 0 Å². The summed E-state index contributed by atoms with van der Waals surface area (Å²) in [6.07, 6.45) is 4.02. The Balaban J connectivity index is 0.000000185. The number of hydrogen-bond acceptors (Lipinski definition) is 9. The second kappa shape index (κ2) is 12.3. The van der Waals surface area contributed by atoms with Crippen LogP contribution in [0.5, 0.6) is 0 Å². The van der Waals surface area contributed by atoms with Crippen molar-refractivity contribution in [1.29, 1.82) is 10.5 Å². The molecule has 0 saturated heterocycles. The van der Waals surface area contributed by atoms with Gasteiger partial charge in [0.2, 0.25) is 0 Å². The smallest absolute Gasteiger partial charge is 0.312 e. The van der Waals surface area contributed by atoms with E-state index in [0.29, 0.717) is 39.7 Å². The number of nitriles is 2. The minimum absolute atomic E-state index is 0.0761. The summed E-state index contributed by atoms with van der Waals surface area (Å²) < 4.78 is 8.28. The van der Waals surface area contributed by atoms with Crippen molar-refractivity contribution < 1.29 is 19.4 Å². The molecule has 5 N–H and O–H groups in total. The fourth-order valence-corrected chi connectivity index (χ4v) is 5.41. The van der Waals surface area contributed by atoms with Crippen LogP contribution in [0, 0.1) is 22.7 Å². The number of aliphatic carboxylic acids is 1. The molecule has 2 aliphatic rings. The highest BCUT2D eigenvalue weighted by molar-refractivity contribution is 5.79. The minimum Gasteiger partial charge on any atom is -0.481 e. The lowest BCUT2D eigenvalue weighted by molar-refractivity contribution is -0.142. The zero-order chi connectivity index (χ0) is 34.3. The molecule has 2 unspecified atom stereocenters. The summed E-state index contributed by atoms with van der Waals surface area (Å²) in [5.41, 5.74) is 17.1. The van der Waals surface area contributed by atoms with Crippen LogP contribution in [0.2, 0.25) is 0 Å². The number of benzene rings is 2. The van der Waals surface area contributed by atoms with Crippen molar-refractivity contribution in [2.24, 2.45) is 0 Å². The van der Waals surface area contributed by atoms with Gasteiger partial charge in [-0.1, -0.05) is 48.5 Å². The van der Waals surface area contributed by atoms with Gasteiger partial charge in [0, 0.05) is 11.1 Å². The molecule has 0 amide bonds. The first kappa shape index (κ1) is 32.8. The molecule has 47 heavy (non-hydrogen) atoms. The molecule has 2 aromatic heterocycles. The number of rotatable bonds is 8. The molecule has 0 bridgehead atoms. The van der Waals surface area contributed by atoms with Crippen LogP contribution in [-0.2, 0) is 25.4 Å². The lowest BCUT2D eigenvalue weighted by Gasteiger charge is -2.10. The molecule has 2 heterocycles. The van der Waals surface area contributed by atoms with E-state index >= 15 is 0 Å². The maximum Gasteiger partial charge on any atom is 0.312 e. The van der Waals surface area contributed by atoms with E-state index in [2.05, 4.69) is 36.2 Å². The van der Waals surface area contributed by atoms with Gasteiger partial charge in [0.25, 0.3) is 0 Å². The third-order valence-corrected chi connectivity index (χ3v) is 9.33. The highest BCUT2D eigenvalue weighted by Gasteiger charge is 2.43. The number of ether oxygens (including phenoxy) is 1. The van der Waals surface area contributed by atoms with Gasteiger partial charge in [-0.05, 0) is 64.5 Å². The molecule has 2 aliphatic carbocycles. The number of carbonyl (C=O) groups excluding carboxylic acids is 1. The predicted octanol–water partition coefficient (Wildman–Crippen LogP) is 5.49. The van der Waals surface area contributed by atoms with E-state index in [1.54, 1.807) is 47.5 Å². The van der Waals surface area contributed by atoms with E-state index in [0.717, 1.165) is 42.4 Å². The summed E-state index contributed by atoms with van der Waals surface area (Å²) >= 11 is 0. The van der Waals surface area contributed by atoms with Crippen LogP contribution in [0.4, 0.5) is 11.6 Å². The van der Waals surface area contributed by atoms with Crippen LogP contribution in [0.15, 0.2) is 48.5 Å². The number of carboxylic acids is 1. The van der Waals surface area contributed by atoms with Crippen molar-refractivity contribution >= 4 is 23.6 Å². The number of nitrogen functional groups attached to an aromatic ring is 2.